The summed E-state index contributed by atoms with van der Waals surface area (Å²) in [6.07, 6.45) is 8.38. The van der Waals surface area contributed by atoms with Crippen molar-refractivity contribution >= 4 is 6.08 Å². The van der Waals surface area contributed by atoms with Gasteiger partial charge in [-0.1, -0.05) is 59.3 Å². The van der Waals surface area contributed by atoms with Crippen LogP contribution >= 0.6 is 0 Å². The maximum atomic E-state index is 6.00. The predicted molar refractivity (Wildman–Crippen MR) is 125 cm³/mol. The molecular weight excluding hydrogens is 352 g/mol. The fraction of sp³-hybridized carbons (Fsp3) is 0.464. The van der Waals surface area contributed by atoms with E-state index in [0.29, 0.717) is 0 Å². The molecule has 0 fully saturated rings. The summed E-state index contributed by atoms with van der Waals surface area (Å²) in [6.45, 7) is 16.0. The molecule has 2 aliphatic rings. The molecule has 0 aromatic heterocycles. The van der Waals surface area contributed by atoms with E-state index in [1.165, 1.54) is 58.2 Å². The lowest BCUT2D eigenvalue weighted by atomic mass is 9.76. The molecule has 0 saturated heterocycles. The Labute approximate surface area is 177 Å². The van der Waals surface area contributed by atoms with E-state index in [1.54, 1.807) is 11.1 Å². The Morgan fingerprint density at radius 3 is 2.03 bits per heavy atom. The standard InChI is InChI=1S/C28H35O/c1-17-12-19-14-18-10-9-11-21(18)25(22(19)13-17)20-15-23(27(2,3)4)26(29-8)24(16-20)28(5,6)7/h12-16H,9-11H2,1-8H3. The van der Waals surface area contributed by atoms with Crippen molar-refractivity contribution in [1.82, 2.24) is 0 Å². The molecule has 0 bridgehead atoms. The van der Waals surface area contributed by atoms with Gasteiger partial charge < -0.3 is 4.74 Å². The second-order valence-electron chi connectivity index (χ2n) is 10.9. The van der Waals surface area contributed by atoms with Gasteiger partial charge in [0.15, 0.2) is 0 Å². The number of fused-ring (bicyclic) bond motifs is 2. The number of benzene rings is 2. The number of ether oxygens (including phenoxy) is 1. The van der Waals surface area contributed by atoms with Gasteiger partial charge in [0, 0.05) is 17.5 Å². The molecule has 0 aliphatic heterocycles. The highest BCUT2D eigenvalue weighted by Gasteiger charge is 2.30. The molecule has 29 heavy (non-hydrogen) atoms. The van der Waals surface area contributed by atoms with Gasteiger partial charge >= 0.3 is 0 Å². The van der Waals surface area contributed by atoms with Gasteiger partial charge in [-0.2, -0.15) is 0 Å². The van der Waals surface area contributed by atoms with E-state index in [2.05, 4.69) is 79.2 Å². The highest BCUT2D eigenvalue weighted by Crippen LogP contribution is 2.47. The molecule has 0 atom stereocenters. The van der Waals surface area contributed by atoms with E-state index in [-0.39, 0.29) is 10.8 Å². The first-order valence-electron chi connectivity index (χ1n) is 11.0. The van der Waals surface area contributed by atoms with E-state index < -0.39 is 0 Å². The van der Waals surface area contributed by atoms with Crippen LogP contribution in [0.25, 0.3) is 17.2 Å². The summed E-state index contributed by atoms with van der Waals surface area (Å²) in [6, 6.07) is 7.25. The maximum absolute atomic E-state index is 6.00. The monoisotopic (exact) mass is 387 g/mol. The van der Waals surface area contributed by atoms with Crippen LogP contribution in [-0.4, -0.2) is 7.11 Å². The van der Waals surface area contributed by atoms with Gasteiger partial charge in [-0.3, -0.25) is 0 Å². The Kier molecular flexibility index (Phi) is 4.72. The number of hydrogen-bond donors (Lipinski definition) is 0. The number of hydrogen-bond acceptors (Lipinski definition) is 1. The minimum atomic E-state index is 0.0142. The summed E-state index contributed by atoms with van der Waals surface area (Å²) < 4.78 is 6.00. The largest absolute Gasteiger partial charge is 0.496 e. The molecule has 0 unspecified atom stereocenters. The smallest absolute Gasteiger partial charge is 0.126 e. The predicted octanol–water partition coefficient (Wildman–Crippen LogP) is 7.42. The first kappa shape index (κ1) is 20.3. The van der Waals surface area contributed by atoms with E-state index in [4.69, 9.17) is 4.74 Å². The van der Waals surface area contributed by atoms with Gasteiger partial charge in [0.05, 0.1) is 7.11 Å². The third-order valence-corrected chi connectivity index (χ3v) is 6.43. The lowest BCUT2D eigenvalue weighted by Gasteiger charge is -2.30. The summed E-state index contributed by atoms with van der Waals surface area (Å²) >= 11 is 0. The minimum absolute atomic E-state index is 0.0142. The van der Waals surface area contributed by atoms with Crippen LogP contribution in [0.2, 0.25) is 0 Å². The van der Waals surface area contributed by atoms with Gasteiger partial charge in [-0.05, 0) is 82.5 Å². The summed E-state index contributed by atoms with van der Waals surface area (Å²) in [5.41, 5.74) is 12.7. The number of aryl methyl sites for hydroxylation is 1. The van der Waals surface area contributed by atoms with Crippen molar-refractivity contribution in [2.45, 2.75) is 78.6 Å². The first-order valence-corrected chi connectivity index (χ1v) is 11.0. The lowest BCUT2D eigenvalue weighted by Crippen LogP contribution is -2.19. The van der Waals surface area contributed by atoms with Crippen molar-refractivity contribution < 1.29 is 4.74 Å². The topological polar surface area (TPSA) is 9.23 Å². The van der Waals surface area contributed by atoms with Crippen molar-refractivity contribution in [3.05, 3.63) is 63.6 Å². The van der Waals surface area contributed by atoms with E-state index >= 15 is 0 Å². The van der Waals surface area contributed by atoms with Crippen LogP contribution in [0, 0.1) is 6.42 Å². The zero-order valence-electron chi connectivity index (χ0n) is 19.4. The Morgan fingerprint density at radius 1 is 0.862 bits per heavy atom. The van der Waals surface area contributed by atoms with Crippen LogP contribution in [0.4, 0.5) is 0 Å². The van der Waals surface area contributed by atoms with Crippen LogP contribution in [-0.2, 0) is 23.7 Å². The highest BCUT2D eigenvalue weighted by atomic mass is 16.5. The van der Waals surface area contributed by atoms with Crippen LogP contribution in [0.1, 0.15) is 88.3 Å². The van der Waals surface area contributed by atoms with Crippen molar-refractivity contribution in [1.29, 1.82) is 0 Å². The van der Waals surface area contributed by atoms with Crippen molar-refractivity contribution in [3.63, 3.8) is 0 Å². The molecule has 0 N–H and O–H groups in total. The van der Waals surface area contributed by atoms with Crippen LogP contribution in [0.3, 0.4) is 0 Å². The van der Waals surface area contributed by atoms with E-state index in [9.17, 15) is 0 Å². The Hall–Kier alpha value is -2.02. The van der Waals surface area contributed by atoms with Gasteiger partial charge in [0.25, 0.3) is 0 Å². The average molecular weight is 388 g/mol. The van der Waals surface area contributed by atoms with Crippen molar-refractivity contribution in [2.75, 3.05) is 7.11 Å². The summed E-state index contributed by atoms with van der Waals surface area (Å²) in [5.74, 6) is 1.05. The molecule has 4 rings (SSSR count). The molecule has 1 heteroatoms. The Balaban J connectivity index is 2.08. The normalized spacial score (nSPS) is 15.9. The minimum Gasteiger partial charge on any atom is -0.496 e. The van der Waals surface area contributed by atoms with Gasteiger partial charge in [-0.15, -0.1) is 0 Å². The molecule has 2 aromatic carbocycles. The highest BCUT2D eigenvalue weighted by molar-refractivity contribution is 5.87. The molecular formula is C28H35O. The molecule has 0 heterocycles. The second-order valence-corrected chi connectivity index (χ2v) is 10.9. The van der Waals surface area contributed by atoms with E-state index in [0.717, 1.165) is 5.75 Å². The molecule has 2 aromatic rings. The van der Waals surface area contributed by atoms with Crippen molar-refractivity contribution in [2.24, 2.45) is 0 Å². The average Bonchev–Trinajstić information content (AvgIpc) is 3.21. The third-order valence-electron chi connectivity index (χ3n) is 6.43. The zero-order chi connectivity index (χ0) is 21.1. The maximum Gasteiger partial charge on any atom is 0.126 e. The van der Waals surface area contributed by atoms with Crippen LogP contribution < -0.4 is 4.74 Å². The number of rotatable bonds is 2. The van der Waals surface area contributed by atoms with Crippen LogP contribution in [0.15, 0.2) is 23.8 Å². The Morgan fingerprint density at radius 2 is 1.48 bits per heavy atom. The van der Waals surface area contributed by atoms with Crippen LogP contribution in [0.5, 0.6) is 5.75 Å². The molecule has 1 radical (unpaired) electrons. The molecule has 1 nitrogen and oxygen atoms in total. The fourth-order valence-corrected chi connectivity index (χ4v) is 5.01. The van der Waals surface area contributed by atoms with Gasteiger partial charge in [0.2, 0.25) is 0 Å². The summed E-state index contributed by atoms with van der Waals surface area (Å²) in [7, 11) is 1.82. The fourth-order valence-electron chi connectivity index (χ4n) is 5.01. The van der Waals surface area contributed by atoms with Gasteiger partial charge in [0.1, 0.15) is 5.75 Å². The van der Waals surface area contributed by atoms with E-state index in [1.807, 2.05) is 7.11 Å². The quantitative estimate of drug-likeness (QED) is 0.521. The zero-order valence-corrected chi connectivity index (χ0v) is 19.4. The lowest BCUT2D eigenvalue weighted by molar-refractivity contribution is 0.381. The number of methoxy groups -OCH3 is 1. The first-order chi connectivity index (χ1) is 13.5. The molecule has 2 aliphatic carbocycles. The second kappa shape index (κ2) is 6.76. The molecule has 153 valence electrons. The SMILES string of the molecule is COc1c(C(C)(C)C)cc(-c2c3c(cc4c2CCC4)[CH]C(C)=C3)cc1C(C)(C)C. The van der Waals surface area contributed by atoms with Crippen molar-refractivity contribution in [3.8, 4) is 16.9 Å². The van der Waals surface area contributed by atoms with Gasteiger partial charge in [-0.25, -0.2) is 0 Å². The molecule has 0 saturated carbocycles. The summed E-state index contributed by atoms with van der Waals surface area (Å²) in [5, 5.41) is 0. The molecule has 0 spiro atoms. The number of allylic oxidation sites excluding steroid dienone is 1. The molecule has 0 amide bonds. The Bertz CT molecular complexity index is 971. The summed E-state index contributed by atoms with van der Waals surface area (Å²) in [4.78, 5) is 0. The third kappa shape index (κ3) is 3.43.